The summed E-state index contributed by atoms with van der Waals surface area (Å²) in [6.07, 6.45) is 1.06. The molecule has 1 rings (SSSR count). The van der Waals surface area contributed by atoms with Gasteiger partial charge in [0.15, 0.2) is 4.90 Å². The van der Waals surface area contributed by atoms with Crippen LogP contribution >= 0.6 is 0 Å². The molecule has 0 aromatic carbocycles. The first-order valence-corrected chi connectivity index (χ1v) is 4.73. The van der Waals surface area contributed by atoms with Crippen molar-refractivity contribution in [2.75, 3.05) is 5.73 Å². The summed E-state index contributed by atoms with van der Waals surface area (Å²) in [5, 5.41) is 8.29. The standard InChI is InChI=1S/C5H8N4O3S/c1-9-5(10)4(13(7,11)12)3(6)2-8-9/h2H,6H2,1H3,(H2,7,11,12). The Labute approximate surface area is 74.0 Å². The van der Waals surface area contributed by atoms with Crippen molar-refractivity contribution in [3.8, 4) is 0 Å². The Morgan fingerprint density at radius 3 is 2.46 bits per heavy atom. The molecule has 0 fully saturated rings. The predicted molar refractivity (Wildman–Crippen MR) is 45.3 cm³/mol. The molecular formula is C5H8N4O3S. The molecule has 1 aromatic heterocycles. The van der Waals surface area contributed by atoms with Gasteiger partial charge in [0.2, 0.25) is 10.0 Å². The minimum absolute atomic E-state index is 0.245. The zero-order chi connectivity index (χ0) is 10.2. The average molecular weight is 204 g/mol. The second kappa shape index (κ2) is 2.82. The molecule has 0 unspecified atom stereocenters. The van der Waals surface area contributed by atoms with E-state index in [2.05, 4.69) is 5.10 Å². The van der Waals surface area contributed by atoms with Gasteiger partial charge in [-0.25, -0.2) is 18.2 Å². The summed E-state index contributed by atoms with van der Waals surface area (Å²) >= 11 is 0. The summed E-state index contributed by atoms with van der Waals surface area (Å²) < 4.78 is 22.6. The third kappa shape index (κ3) is 1.68. The van der Waals surface area contributed by atoms with Gasteiger partial charge in [0, 0.05) is 7.05 Å². The van der Waals surface area contributed by atoms with E-state index in [1.54, 1.807) is 0 Å². The normalized spacial score (nSPS) is 11.5. The van der Waals surface area contributed by atoms with Crippen LogP contribution in [0.15, 0.2) is 15.9 Å². The van der Waals surface area contributed by atoms with E-state index in [1.165, 1.54) is 7.05 Å². The first-order chi connectivity index (χ1) is 5.84. The van der Waals surface area contributed by atoms with Crippen LogP contribution < -0.4 is 16.4 Å². The van der Waals surface area contributed by atoms with Crippen molar-refractivity contribution < 1.29 is 8.42 Å². The highest BCUT2D eigenvalue weighted by molar-refractivity contribution is 7.89. The van der Waals surface area contributed by atoms with Gasteiger partial charge in [0.1, 0.15) is 0 Å². The second-order valence-corrected chi connectivity index (χ2v) is 3.90. The number of sulfonamides is 1. The van der Waals surface area contributed by atoms with E-state index in [4.69, 9.17) is 10.9 Å². The van der Waals surface area contributed by atoms with Gasteiger partial charge in [-0.1, -0.05) is 0 Å². The van der Waals surface area contributed by atoms with Gasteiger partial charge in [-0.3, -0.25) is 4.79 Å². The Morgan fingerprint density at radius 2 is 2.08 bits per heavy atom. The summed E-state index contributed by atoms with van der Waals surface area (Å²) in [6, 6.07) is 0. The lowest BCUT2D eigenvalue weighted by Crippen LogP contribution is -2.30. The Hall–Kier alpha value is -1.41. The molecule has 13 heavy (non-hydrogen) atoms. The van der Waals surface area contributed by atoms with Crippen LogP contribution in [0, 0.1) is 0 Å². The third-order valence-electron chi connectivity index (χ3n) is 1.40. The van der Waals surface area contributed by atoms with Gasteiger partial charge >= 0.3 is 0 Å². The Balaban J connectivity index is 3.73. The number of primary sulfonamides is 1. The van der Waals surface area contributed by atoms with Crippen LogP contribution in [0.4, 0.5) is 5.69 Å². The van der Waals surface area contributed by atoms with Crippen LogP contribution in [-0.2, 0) is 17.1 Å². The van der Waals surface area contributed by atoms with Gasteiger partial charge in [-0.15, -0.1) is 0 Å². The van der Waals surface area contributed by atoms with Crippen LogP contribution in [0.5, 0.6) is 0 Å². The molecule has 72 valence electrons. The maximum absolute atomic E-state index is 11.2. The van der Waals surface area contributed by atoms with E-state index in [0.29, 0.717) is 0 Å². The molecule has 0 bridgehead atoms. The Kier molecular flexibility index (Phi) is 2.10. The van der Waals surface area contributed by atoms with Gasteiger partial charge in [-0.05, 0) is 0 Å². The number of nitrogens with zero attached hydrogens (tertiary/aromatic N) is 2. The molecule has 1 heterocycles. The van der Waals surface area contributed by atoms with Crippen molar-refractivity contribution in [3.05, 3.63) is 16.6 Å². The molecule has 0 spiro atoms. The number of nitrogen functional groups attached to an aromatic ring is 1. The van der Waals surface area contributed by atoms with E-state index in [9.17, 15) is 13.2 Å². The Bertz CT molecular complexity index is 489. The number of anilines is 1. The molecule has 7 nitrogen and oxygen atoms in total. The molecule has 8 heteroatoms. The topological polar surface area (TPSA) is 121 Å². The van der Waals surface area contributed by atoms with Crippen LogP contribution in [0.2, 0.25) is 0 Å². The van der Waals surface area contributed by atoms with Gasteiger partial charge in [-0.2, -0.15) is 5.10 Å². The molecule has 0 amide bonds. The minimum atomic E-state index is -4.08. The quantitative estimate of drug-likeness (QED) is 0.548. The van der Waals surface area contributed by atoms with E-state index < -0.39 is 20.5 Å². The zero-order valence-corrected chi connectivity index (χ0v) is 7.58. The molecule has 0 radical (unpaired) electrons. The number of hydrogen-bond acceptors (Lipinski definition) is 5. The van der Waals surface area contributed by atoms with Crippen molar-refractivity contribution in [1.82, 2.24) is 9.78 Å². The van der Waals surface area contributed by atoms with Crippen molar-refractivity contribution >= 4 is 15.7 Å². The minimum Gasteiger partial charge on any atom is -0.396 e. The lowest BCUT2D eigenvalue weighted by molar-refractivity contribution is 0.591. The highest BCUT2D eigenvalue weighted by Crippen LogP contribution is 2.07. The zero-order valence-electron chi connectivity index (χ0n) is 6.76. The maximum Gasteiger partial charge on any atom is 0.288 e. The molecule has 0 aliphatic rings. The summed E-state index contributed by atoms with van der Waals surface area (Å²) in [4.78, 5) is 10.6. The molecule has 1 aromatic rings. The number of aryl methyl sites for hydroxylation is 1. The summed E-state index contributed by atoms with van der Waals surface area (Å²) in [5.41, 5.74) is 4.17. The van der Waals surface area contributed by atoms with Crippen LogP contribution in [0.25, 0.3) is 0 Å². The Morgan fingerprint density at radius 1 is 1.54 bits per heavy atom. The highest BCUT2D eigenvalue weighted by Gasteiger charge is 2.18. The van der Waals surface area contributed by atoms with Crippen molar-refractivity contribution in [2.24, 2.45) is 12.2 Å². The fourth-order valence-corrected chi connectivity index (χ4v) is 1.57. The SMILES string of the molecule is Cn1ncc(N)c(S(N)(=O)=O)c1=O. The first-order valence-electron chi connectivity index (χ1n) is 3.18. The average Bonchev–Trinajstić information content (AvgIpc) is 1.95. The van der Waals surface area contributed by atoms with Crippen molar-refractivity contribution in [1.29, 1.82) is 0 Å². The van der Waals surface area contributed by atoms with Crippen LogP contribution in [-0.4, -0.2) is 18.2 Å². The van der Waals surface area contributed by atoms with E-state index >= 15 is 0 Å². The van der Waals surface area contributed by atoms with E-state index in [0.717, 1.165) is 10.9 Å². The van der Waals surface area contributed by atoms with Crippen LogP contribution in [0.3, 0.4) is 0 Å². The van der Waals surface area contributed by atoms with E-state index in [1.807, 2.05) is 0 Å². The molecular weight excluding hydrogens is 196 g/mol. The van der Waals surface area contributed by atoms with Gasteiger partial charge < -0.3 is 5.73 Å². The number of rotatable bonds is 1. The first kappa shape index (κ1) is 9.68. The summed E-state index contributed by atoms with van der Waals surface area (Å²) in [6.45, 7) is 0. The predicted octanol–water partition coefficient (Wildman–Crippen LogP) is -1.99. The lowest BCUT2D eigenvalue weighted by Gasteiger charge is -2.02. The van der Waals surface area contributed by atoms with Crippen molar-refractivity contribution in [2.45, 2.75) is 4.90 Å². The third-order valence-corrected chi connectivity index (χ3v) is 2.38. The fraction of sp³-hybridized carbons (Fsp3) is 0.200. The molecule has 4 N–H and O–H groups in total. The number of nitrogens with two attached hydrogens (primary N) is 2. The highest BCUT2D eigenvalue weighted by atomic mass is 32.2. The molecule has 0 saturated carbocycles. The van der Waals surface area contributed by atoms with E-state index in [-0.39, 0.29) is 5.69 Å². The van der Waals surface area contributed by atoms with Gasteiger partial charge in [0.25, 0.3) is 5.56 Å². The molecule has 0 atom stereocenters. The smallest absolute Gasteiger partial charge is 0.288 e. The molecule has 0 saturated heterocycles. The van der Waals surface area contributed by atoms with Gasteiger partial charge in [0.05, 0.1) is 11.9 Å². The van der Waals surface area contributed by atoms with Crippen molar-refractivity contribution in [3.63, 3.8) is 0 Å². The summed E-state index contributed by atoms with van der Waals surface area (Å²) in [5.74, 6) is 0. The maximum atomic E-state index is 11.2. The largest absolute Gasteiger partial charge is 0.396 e. The lowest BCUT2D eigenvalue weighted by atomic mass is 10.5. The molecule has 0 aliphatic heterocycles. The number of aromatic nitrogens is 2. The summed E-state index contributed by atoms with van der Waals surface area (Å²) in [7, 11) is -2.78. The second-order valence-electron chi connectivity index (χ2n) is 2.40. The monoisotopic (exact) mass is 204 g/mol. The number of hydrogen-bond donors (Lipinski definition) is 2. The van der Waals surface area contributed by atoms with Crippen LogP contribution in [0.1, 0.15) is 0 Å². The fourth-order valence-electron chi connectivity index (χ4n) is 0.816. The molecule has 0 aliphatic carbocycles.